The van der Waals surface area contributed by atoms with E-state index < -0.39 is 0 Å². The summed E-state index contributed by atoms with van der Waals surface area (Å²) < 4.78 is 5.51. The summed E-state index contributed by atoms with van der Waals surface area (Å²) in [6.45, 7) is 2.15. The van der Waals surface area contributed by atoms with Crippen molar-refractivity contribution < 1.29 is 14.3 Å². The van der Waals surface area contributed by atoms with E-state index in [1.54, 1.807) is 7.11 Å². The lowest BCUT2D eigenvalue weighted by Gasteiger charge is -2.37. The van der Waals surface area contributed by atoms with Gasteiger partial charge in [0, 0.05) is 36.8 Å². The van der Waals surface area contributed by atoms with Gasteiger partial charge in [0.25, 0.3) is 0 Å². The van der Waals surface area contributed by atoms with E-state index in [2.05, 4.69) is 10.6 Å². The lowest BCUT2D eigenvalue weighted by atomic mass is 10.0. The van der Waals surface area contributed by atoms with E-state index in [1.165, 1.54) is 0 Å². The largest absolute Gasteiger partial charge is 0.496 e. The summed E-state index contributed by atoms with van der Waals surface area (Å²) in [6.07, 6.45) is 2.30. The number of benzene rings is 2. The van der Waals surface area contributed by atoms with Gasteiger partial charge in [-0.25, -0.2) is 0 Å². The number of carbonyl (C=O) groups excluding carboxylic acids is 2. The Morgan fingerprint density at radius 3 is 2.57 bits per heavy atom. The van der Waals surface area contributed by atoms with Crippen molar-refractivity contribution in [2.45, 2.75) is 25.3 Å². The molecule has 2 fully saturated rings. The zero-order valence-corrected chi connectivity index (χ0v) is 17.9. The van der Waals surface area contributed by atoms with Gasteiger partial charge in [-0.05, 0) is 36.6 Å². The number of rotatable bonds is 6. The number of halogens is 1. The van der Waals surface area contributed by atoms with E-state index in [9.17, 15) is 9.59 Å². The van der Waals surface area contributed by atoms with Crippen molar-refractivity contribution in [3.8, 4) is 5.75 Å². The summed E-state index contributed by atoms with van der Waals surface area (Å²) >= 11 is 0. The Bertz CT molecular complexity index is 884. The zero-order chi connectivity index (χ0) is 20.2. The van der Waals surface area contributed by atoms with Crippen LogP contribution in [0, 0.1) is 5.92 Å². The molecule has 2 aromatic carbocycles. The standard InChI is InChI=1S/C23H27N3O3.ClH/c1-29-21-5-3-2-4-19(21)20-15-24-12-13-26(20)22(27)14-16-6-10-18(11-7-16)25-23(28)17-8-9-17;/h2-7,10-11,17,20,24H,8-9,12-15H2,1H3,(H,25,28);1H. The van der Waals surface area contributed by atoms with E-state index in [4.69, 9.17) is 4.74 Å². The van der Waals surface area contributed by atoms with Crippen LogP contribution in [0.1, 0.15) is 30.0 Å². The number of amides is 2. The van der Waals surface area contributed by atoms with Crippen LogP contribution in [0.2, 0.25) is 0 Å². The maximum absolute atomic E-state index is 13.1. The van der Waals surface area contributed by atoms with Crippen molar-refractivity contribution in [1.82, 2.24) is 10.2 Å². The fourth-order valence-corrected chi connectivity index (χ4v) is 3.79. The molecule has 1 aliphatic heterocycles. The Kier molecular flexibility index (Phi) is 7.34. The van der Waals surface area contributed by atoms with Gasteiger partial charge < -0.3 is 20.3 Å². The highest BCUT2D eigenvalue weighted by atomic mass is 35.5. The summed E-state index contributed by atoms with van der Waals surface area (Å²) in [4.78, 5) is 26.9. The van der Waals surface area contributed by atoms with Crippen molar-refractivity contribution in [2.75, 3.05) is 32.1 Å². The molecular weight excluding hydrogens is 402 g/mol. The molecule has 2 amide bonds. The Morgan fingerprint density at radius 1 is 1.13 bits per heavy atom. The van der Waals surface area contributed by atoms with Gasteiger partial charge in [0.2, 0.25) is 11.8 Å². The topological polar surface area (TPSA) is 70.7 Å². The first-order valence-electron chi connectivity index (χ1n) is 10.2. The van der Waals surface area contributed by atoms with E-state index in [1.807, 2.05) is 53.4 Å². The lowest BCUT2D eigenvalue weighted by Crippen LogP contribution is -2.49. The number of anilines is 1. The van der Waals surface area contributed by atoms with Crippen LogP contribution in [0.25, 0.3) is 0 Å². The van der Waals surface area contributed by atoms with E-state index >= 15 is 0 Å². The normalized spacial score (nSPS) is 18.3. The smallest absolute Gasteiger partial charge is 0.227 e. The number of piperazine rings is 1. The second-order valence-electron chi connectivity index (χ2n) is 7.69. The van der Waals surface area contributed by atoms with Crippen LogP contribution in [-0.2, 0) is 16.0 Å². The molecule has 2 aromatic rings. The van der Waals surface area contributed by atoms with Crippen LogP contribution in [-0.4, -0.2) is 43.5 Å². The third kappa shape index (κ3) is 5.12. The Balaban J connectivity index is 0.00000256. The maximum Gasteiger partial charge on any atom is 0.227 e. The van der Waals surface area contributed by atoms with Gasteiger partial charge in [-0.2, -0.15) is 0 Å². The highest BCUT2D eigenvalue weighted by Gasteiger charge is 2.30. The van der Waals surface area contributed by atoms with Crippen molar-refractivity contribution in [3.63, 3.8) is 0 Å². The van der Waals surface area contributed by atoms with E-state index in [0.717, 1.165) is 42.0 Å². The molecule has 1 saturated heterocycles. The Labute approximate surface area is 183 Å². The molecule has 1 aliphatic carbocycles. The number of nitrogens with one attached hydrogen (secondary N) is 2. The lowest BCUT2D eigenvalue weighted by molar-refractivity contribution is -0.133. The van der Waals surface area contributed by atoms with Gasteiger partial charge in [-0.1, -0.05) is 30.3 Å². The summed E-state index contributed by atoms with van der Waals surface area (Å²) in [5.41, 5.74) is 2.75. The second kappa shape index (κ2) is 9.96. The Morgan fingerprint density at radius 2 is 1.87 bits per heavy atom. The van der Waals surface area contributed by atoms with Gasteiger partial charge in [0.05, 0.1) is 19.6 Å². The van der Waals surface area contributed by atoms with Crippen molar-refractivity contribution >= 4 is 29.9 Å². The van der Waals surface area contributed by atoms with Crippen LogP contribution in [0.3, 0.4) is 0 Å². The minimum atomic E-state index is -0.0514. The predicted molar refractivity (Wildman–Crippen MR) is 119 cm³/mol. The van der Waals surface area contributed by atoms with Gasteiger partial charge in [0.15, 0.2) is 0 Å². The van der Waals surface area contributed by atoms with Gasteiger partial charge >= 0.3 is 0 Å². The Hall–Kier alpha value is -2.57. The molecule has 30 heavy (non-hydrogen) atoms. The molecule has 1 saturated carbocycles. The number of hydrogen-bond donors (Lipinski definition) is 2. The van der Waals surface area contributed by atoms with E-state index in [-0.39, 0.29) is 36.2 Å². The van der Waals surface area contributed by atoms with Crippen LogP contribution < -0.4 is 15.4 Å². The molecule has 160 valence electrons. The number of carbonyl (C=O) groups is 2. The predicted octanol–water partition coefficient (Wildman–Crippen LogP) is 3.18. The molecule has 0 radical (unpaired) electrons. The first kappa shape index (κ1) is 22.1. The second-order valence-corrected chi connectivity index (χ2v) is 7.69. The summed E-state index contributed by atoms with van der Waals surface area (Å²) in [7, 11) is 1.66. The first-order chi connectivity index (χ1) is 14.2. The van der Waals surface area contributed by atoms with Crippen molar-refractivity contribution in [3.05, 3.63) is 59.7 Å². The quantitative estimate of drug-likeness (QED) is 0.739. The first-order valence-corrected chi connectivity index (χ1v) is 10.2. The van der Waals surface area contributed by atoms with Gasteiger partial charge in [-0.3, -0.25) is 9.59 Å². The zero-order valence-electron chi connectivity index (χ0n) is 17.1. The highest BCUT2D eigenvalue weighted by molar-refractivity contribution is 5.94. The van der Waals surface area contributed by atoms with Gasteiger partial charge in [-0.15, -0.1) is 12.4 Å². The highest BCUT2D eigenvalue weighted by Crippen LogP contribution is 2.31. The summed E-state index contributed by atoms with van der Waals surface area (Å²) in [5, 5.41) is 6.32. The van der Waals surface area contributed by atoms with Crippen LogP contribution >= 0.6 is 12.4 Å². The minimum Gasteiger partial charge on any atom is -0.496 e. The molecule has 0 spiro atoms. The van der Waals surface area contributed by atoms with Crippen molar-refractivity contribution in [2.24, 2.45) is 5.92 Å². The molecule has 1 atom stereocenters. The number of methoxy groups -OCH3 is 1. The van der Waals surface area contributed by atoms with Crippen molar-refractivity contribution in [1.29, 1.82) is 0 Å². The molecule has 7 heteroatoms. The average molecular weight is 430 g/mol. The molecule has 1 heterocycles. The van der Waals surface area contributed by atoms with Crippen LogP contribution in [0.4, 0.5) is 5.69 Å². The average Bonchev–Trinajstić information content (AvgIpc) is 3.60. The molecule has 6 nitrogen and oxygen atoms in total. The molecule has 4 rings (SSSR count). The van der Waals surface area contributed by atoms with Crippen LogP contribution in [0.5, 0.6) is 5.75 Å². The summed E-state index contributed by atoms with van der Waals surface area (Å²) in [6, 6.07) is 15.4. The third-order valence-electron chi connectivity index (χ3n) is 5.59. The molecule has 1 unspecified atom stereocenters. The number of para-hydroxylation sites is 1. The van der Waals surface area contributed by atoms with E-state index in [0.29, 0.717) is 19.5 Å². The molecular formula is C23H28ClN3O3. The van der Waals surface area contributed by atoms with Crippen LogP contribution in [0.15, 0.2) is 48.5 Å². The molecule has 2 N–H and O–H groups in total. The minimum absolute atomic E-state index is 0. The number of ether oxygens (including phenoxy) is 1. The molecule has 0 aromatic heterocycles. The maximum atomic E-state index is 13.1. The van der Waals surface area contributed by atoms with Gasteiger partial charge in [0.1, 0.15) is 5.75 Å². The monoisotopic (exact) mass is 429 g/mol. The molecule has 0 bridgehead atoms. The molecule has 2 aliphatic rings. The SMILES string of the molecule is COc1ccccc1C1CNCCN1C(=O)Cc1ccc(NC(=O)C2CC2)cc1.Cl. The fourth-order valence-electron chi connectivity index (χ4n) is 3.79. The third-order valence-corrected chi connectivity index (χ3v) is 5.59. The number of nitrogens with zero attached hydrogens (tertiary/aromatic N) is 1. The number of hydrogen-bond acceptors (Lipinski definition) is 4. The summed E-state index contributed by atoms with van der Waals surface area (Å²) in [5.74, 6) is 1.16. The fraction of sp³-hybridized carbons (Fsp3) is 0.391.